The molecule has 0 aliphatic rings. The molecule has 11 amide bonds. The number of aliphatic hydroxyl groups excluding tert-OH is 2. The summed E-state index contributed by atoms with van der Waals surface area (Å²) in [6.07, 6.45) is -5.15. The number of amides is 11. The predicted octanol–water partition coefficient (Wildman–Crippen LogP) is -8.55. The Kier molecular flexibility index (Phi) is 29.5. The molecular formula is C46H73N15O18. The van der Waals surface area contributed by atoms with Crippen LogP contribution in [0.25, 0.3) is 0 Å². The minimum Gasteiger partial charge on any atom is -0.508 e. The standard InChI is InChI=1S/C46H73N15O18/c1-20(2)14-30(45(78)79)60-38(71)25(6-5-13-52-46(50)51)56-42(75)29(17-35(68)69)59-40(73)27(15-23-7-9-24(64)10-8-23)57-41(74)28(16-33(48)66)58-43(76)31(19-62)61-39(72)26(11-12-32(47)65)55-34(67)18-53-37(70)21(3)54-44(77)36(49)22(4)63/h7-10,20-22,25-31,36,62-64H,5-6,11-19,49H2,1-4H3,(H2,47,65)(H2,48,66)(H,53,70)(H,54,77)(H,55,67)(H,56,75)(H,57,74)(H,58,76)(H,59,73)(H,60,71)(H,61,72)(H,68,69)(H,78,79)(H4,50,51,52)/t21-,22+,25-,26-,27-,28-,29-,30-,31-,36-/m0/s1. The first-order valence-corrected chi connectivity index (χ1v) is 24.4. The highest BCUT2D eigenvalue weighted by Gasteiger charge is 2.36. The molecule has 0 heterocycles. The second-order valence-electron chi connectivity index (χ2n) is 18.4. The van der Waals surface area contributed by atoms with Crippen molar-refractivity contribution in [3.8, 4) is 5.75 Å². The summed E-state index contributed by atoms with van der Waals surface area (Å²) in [5, 5.41) is 69.1. The number of aliphatic carboxylic acids is 2. The van der Waals surface area contributed by atoms with E-state index in [9.17, 15) is 87.9 Å². The van der Waals surface area contributed by atoms with Crippen LogP contribution in [-0.2, 0) is 68.7 Å². The van der Waals surface area contributed by atoms with E-state index in [-0.39, 0.29) is 49.0 Å². The number of carbonyl (C=O) groups excluding carboxylic acids is 11. The minimum absolute atomic E-state index is 0.0212. The van der Waals surface area contributed by atoms with Gasteiger partial charge in [0.15, 0.2) is 5.96 Å². The fourth-order valence-electron chi connectivity index (χ4n) is 6.88. The van der Waals surface area contributed by atoms with Crippen molar-refractivity contribution in [1.82, 2.24) is 47.9 Å². The van der Waals surface area contributed by atoms with Gasteiger partial charge in [-0.05, 0) is 63.1 Å². The van der Waals surface area contributed by atoms with Crippen LogP contribution in [0, 0.1) is 5.92 Å². The van der Waals surface area contributed by atoms with Crippen LogP contribution >= 0.6 is 0 Å². The Morgan fingerprint density at radius 3 is 1.54 bits per heavy atom. The topological polar surface area (TPSA) is 574 Å². The number of benzene rings is 1. The maximum absolute atomic E-state index is 14.1. The highest BCUT2D eigenvalue weighted by Crippen LogP contribution is 2.13. The molecule has 1 rings (SSSR count). The number of carboxylic acids is 2. The summed E-state index contributed by atoms with van der Waals surface area (Å²) < 4.78 is 0. The van der Waals surface area contributed by atoms with E-state index in [1.54, 1.807) is 13.8 Å². The van der Waals surface area contributed by atoms with Gasteiger partial charge in [0.2, 0.25) is 65.0 Å². The molecule has 0 radical (unpaired) electrons. The van der Waals surface area contributed by atoms with Crippen molar-refractivity contribution < 1.29 is 87.9 Å². The van der Waals surface area contributed by atoms with Crippen molar-refractivity contribution in [3.63, 3.8) is 0 Å². The molecule has 10 atom stereocenters. The number of rotatable bonds is 36. The number of carboxylic acid groups (broad SMARTS) is 2. The van der Waals surface area contributed by atoms with Gasteiger partial charge >= 0.3 is 11.9 Å². The van der Waals surface area contributed by atoms with E-state index in [1.807, 2.05) is 0 Å². The van der Waals surface area contributed by atoms with Gasteiger partial charge in [-0.2, -0.15) is 0 Å². The number of carbonyl (C=O) groups is 13. The summed E-state index contributed by atoms with van der Waals surface area (Å²) in [6.45, 7) is 3.77. The molecule has 79 heavy (non-hydrogen) atoms. The summed E-state index contributed by atoms with van der Waals surface area (Å²) >= 11 is 0. The third kappa shape index (κ3) is 26.7. The maximum atomic E-state index is 14.1. The molecule has 1 aromatic rings. The quantitative estimate of drug-likeness (QED) is 0.0169. The fraction of sp³-hybridized carbons (Fsp3) is 0.565. The SMILES string of the molecule is CC(C)C[C@H](NC(=O)[C@H](CCCN=C(N)N)NC(=O)[C@H](CC(=O)O)NC(=O)[C@H](Cc1ccc(O)cc1)NC(=O)[C@H](CC(N)=O)NC(=O)[C@H](CO)NC(=O)[C@H](CCC(N)=O)NC(=O)CNC(=O)[C@H](C)NC(=O)[C@@H](N)[C@@H](C)O)C(=O)O. The van der Waals surface area contributed by atoms with E-state index in [0.717, 1.165) is 0 Å². The maximum Gasteiger partial charge on any atom is 0.326 e. The average Bonchev–Trinajstić information content (AvgIpc) is 3.35. The molecule has 24 N–H and O–H groups in total. The predicted molar refractivity (Wildman–Crippen MR) is 274 cm³/mol. The van der Waals surface area contributed by atoms with Crippen LogP contribution in [-0.4, -0.2) is 189 Å². The van der Waals surface area contributed by atoms with Gasteiger partial charge in [-0.25, -0.2) is 4.79 Å². The van der Waals surface area contributed by atoms with Gasteiger partial charge in [0.25, 0.3) is 0 Å². The molecule has 440 valence electrons. The Labute approximate surface area is 452 Å². The largest absolute Gasteiger partial charge is 0.508 e. The molecule has 0 unspecified atom stereocenters. The van der Waals surface area contributed by atoms with Crippen LogP contribution in [0.4, 0.5) is 0 Å². The first-order chi connectivity index (χ1) is 36.8. The number of hydrogen-bond donors (Lipinski definition) is 19. The van der Waals surface area contributed by atoms with Crippen molar-refractivity contribution in [1.29, 1.82) is 0 Å². The smallest absolute Gasteiger partial charge is 0.326 e. The Bertz CT molecular complexity index is 2370. The third-order valence-electron chi connectivity index (χ3n) is 11.1. The van der Waals surface area contributed by atoms with E-state index in [2.05, 4.69) is 52.8 Å². The number of guanidine groups is 1. The summed E-state index contributed by atoms with van der Waals surface area (Å²) in [5.41, 5.74) is 27.1. The van der Waals surface area contributed by atoms with Gasteiger partial charge < -0.3 is 102 Å². The lowest BCUT2D eigenvalue weighted by Gasteiger charge is -2.27. The Morgan fingerprint density at radius 2 is 1.05 bits per heavy atom. The zero-order valence-corrected chi connectivity index (χ0v) is 43.8. The molecule has 0 bridgehead atoms. The van der Waals surface area contributed by atoms with Crippen molar-refractivity contribution in [3.05, 3.63) is 29.8 Å². The molecule has 0 spiro atoms. The van der Waals surface area contributed by atoms with Gasteiger partial charge in [0.05, 0.1) is 32.1 Å². The number of phenolic OH excluding ortho intramolecular Hbond substituents is 1. The summed E-state index contributed by atoms with van der Waals surface area (Å²) in [7, 11) is 0. The van der Waals surface area contributed by atoms with Crippen LogP contribution in [0.15, 0.2) is 29.3 Å². The third-order valence-corrected chi connectivity index (χ3v) is 11.1. The van der Waals surface area contributed by atoms with Crippen LogP contribution in [0.5, 0.6) is 5.75 Å². The highest BCUT2D eigenvalue weighted by atomic mass is 16.4. The first kappa shape index (κ1) is 68.3. The summed E-state index contributed by atoms with van der Waals surface area (Å²) in [5.74, 6) is -16.3. The Balaban J connectivity index is 3.49. The average molecular weight is 1120 g/mol. The van der Waals surface area contributed by atoms with Gasteiger partial charge in [-0.15, -0.1) is 0 Å². The molecule has 0 aliphatic carbocycles. The van der Waals surface area contributed by atoms with E-state index in [1.165, 1.54) is 38.1 Å². The number of phenols is 1. The lowest BCUT2D eigenvalue weighted by Crippen LogP contribution is -2.61. The number of aliphatic imine (C=N–C) groups is 1. The highest BCUT2D eigenvalue weighted by molar-refractivity contribution is 6.00. The molecule has 1 aromatic carbocycles. The Morgan fingerprint density at radius 1 is 0.570 bits per heavy atom. The second kappa shape index (κ2) is 34.1. The number of nitrogens with two attached hydrogens (primary N) is 5. The van der Waals surface area contributed by atoms with Crippen molar-refractivity contribution in [2.45, 2.75) is 140 Å². The van der Waals surface area contributed by atoms with Crippen LogP contribution in [0.1, 0.15) is 78.2 Å². The number of aliphatic hydroxyl groups is 2. The molecular weight excluding hydrogens is 1050 g/mol. The molecule has 0 aliphatic heterocycles. The number of primary amides is 2. The molecule has 0 saturated carbocycles. The summed E-state index contributed by atoms with van der Waals surface area (Å²) in [6, 6.07) is -10.1. The molecule has 0 fully saturated rings. The van der Waals surface area contributed by atoms with Gasteiger partial charge in [0.1, 0.15) is 60.1 Å². The summed E-state index contributed by atoms with van der Waals surface area (Å²) in [4.78, 5) is 172. The van der Waals surface area contributed by atoms with E-state index in [4.69, 9.17) is 28.7 Å². The monoisotopic (exact) mass is 1120 g/mol. The number of hydrogen-bond acceptors (Lipinski definition) is 18. The van der Waals surface area contributed by atoms with Crippen molar-refractivity contribution in [2.75, 3.05) is 19.7 Å². The molecule has 0 aromatic heterocycles. The molecule has 0 saturated heterocycles. The zero-order chi connectivity index (χ0) is 60.3. The number of aromatic hydroxyl groups is 1. The van der Waals surface area contributed by atoms with Crippen molar-refractivity contribution in [2.24, 2.45) is 39.6 Å². The fourth-order valence-corrected chi connectivity index (χ4v) is 6.88. The molecule has 33 heteroatoms. The van der Waals surface area contributed by atoms with E-state index in [0.29, 0.717) is 0 Å². The Hall–Kier alpha value is -8.72. The normalized spacial score (nSPS) is 14.7. The number of nitrogens with zero attached hydrogens (tertiary/aromatic N) is 1. The van der Waals surface area contributed by atoms with Crippen LogP contribution in [0.2, 0.25) is 0 Å². The van der Waals surface area contributed by atoms with Crippen LogP contribution < -0.4 is 76.5 Å². The van der Waals surface area contributed by atoms with E-state index >= 15 is 0 Å². The lowest BCUT2D eigenvalue weighted by molar-refractivity contribution is -0.143. The lowest BCUT2D eigenvalue weighted by atomic mass is 10.0. The second-order valence-corrected chi connectivity index (χ2v) is 18.4. The zero-order valence-electron chi connectivity index (χ0n) is 43.8. The van der Waals surface area contributed by atoms with Crippen LogP contribution in [0.3, 0.4) is 0 Å². The van der Waals surface area contributed by atoms with Gasteiger partial charge in [0, 0.05) is 19.4 Å². The van der Waals surface area contributed by atoms with E-state index < -0.39 is 183 Å². The minimum atomic E-state index is -2.02. The molecule has 33 nitrogen and oxygen atoms in total. The van der Waals surface area contributed by atoms with Gasteiger partial charge in [-0.3, -0.25) is 62.5 Å². The first-order valence-electron chi connectivity index (χ1n) is 24.4. The van der Waals surface area contributed by atoms with Crippen molar-refractivity contribution >= 4 is 82.9 Å². The number of nitrogens with one attached hydrogen (secondary N) is 9. The van der Waals surface area contributed by atoms with Gasteiger partial charge in [-0.1, -0.05) is 26.0 Å².